The maximum atomic E-state index is 10.3. The molecule has 0 N–H and O–H groups in total. The third-order valence-electron chi connectivity index (χ3n) is 2.08. The summed E-state index contributed by atoms with van der Waals surface area (Å²) in [6.07, 6.45) is 0.611. The van der Waals surface area contributed by atoms with E-state index in [4.69, 9.17) is 9.47 Å². The predicted octanol–water partition coefficient (Wildman–Crippen LogP) is 1.74. The first-order chi connectivity index (χ1) is 6.79. The lowest BCUT2D eigenvalue weighted by Gasteiger charge is -2.00. The van der Waals surface area contributed by atoms with Crippen molar-refractivity contribution < 1.29 is 14.3 Å². The second-order valence-electron chi connectivity index (χ2n) is 3.25. The molecule has 0 aromatic heterocycles. The van der Waals surface area contributed by atoms with Crippen LogP contribution < -0.4 is 9.47 Å². The smallest absolute Gasteiger partial charge is 0.231 e. The summed E-state index contributed by atoms with van der Waals surface area (Å²) in [6.45, 7) is 2.04. The first kappa shape index (κ1) is 8.85. The summed E-state index contributed by atoms with van der Waals surface area (Å²) in [7, 11) is 0. The highest BCUT2D eigenvalue weighted by Gasteiger charge is 2.12. The normalized spacial score (nSPS) is 12.4. The summed E-state index contributed by atoms with van der Waals surface area (Å²) in [4.78, 5) is 10.3. The monoisotopic (exact) mass is 190 g/mol. The minimum absolute atomic E-state index is 0.279. The van der Waals surface area contributed by atoms with Gasteiger partial charge in [-0.3, -0.25) is 0 Å². The molecule has 14 heavy (non-hydrogen) atoms. The molecule has 0 saturated heterocycles. The molecule has 1 aromatic rings. The van der Waals surface area contributed by atoms with E-state index in [9.17, 15) is 4.79 Å². The Kier molecular flexibility index (Phi) is 2.25. The summed E-state index contributed by atoms with van der Waals surface area (Å²) in [6, 6.07) is 5.67. The molecule has 3 heteroatoms. The molecule has 0 bridgehead atoms. The van der Waals surface area contributed by atoms with Crippen molar-refractivity contribution in [1.29, 1.82) is 0 Å². The number of benzene rings is 1. The fourth-order valence-electron chi connectivity index (χ4n) is 1.39. The number of hydrogen-bond acceptors (Lipinski definition) is 3. The van der Waals surface area contributed by atoms with Crippen LogP contribution in [0, 0.1) is 0 Å². The van der Waals surface area contributed by atoms with Crippen molar-refractivity contribution in [2.24, 2.45) is 0 Å². The molecule has 0 saturated carbocycles. The number of fused-ring (bicyclic) bond motifs is 1. The number of allylic oxidation sites excluding steroid dienone is 1. The Hall–Kier alpha value is -1.73. The lowest BCUT2D eigenvalue weighted by atomic mass is 10.1. The van der Waals surface area contributed by atoms with E-state index in [0.717, 1.165) is 17.1 Å². The van der Waals surface area contributed by atoms with Crippen LogP contribution in [-0.4, -0.2) is 12.7 Å². The van der Waals surface area contributed by atoms with E-state index in [1.165, 1.54) is 0 Å². The summed E-state index contributed by atoms with van der Waals surface area (Å²) in [5.74, 6) is 3.39. The van der Waals surface area contributed by atoms with Crippen LogP contribution in [0.25, 0.3) is 0 Å². The van der Waals surface area contributed by atoms with Crippen molar-refractivity contribution in [2.45, 2.75) is 13.3 Å². The van der Waals surface area contributed by atoms with E-state index < -0.39 is 0 Å². The Morgan fingerprint density at radius 3 is 3.00 bits per heavy atom. The largest absolute Gasteiger partial charge is 0.454 e. The molecule has 2 rings (SSSR count). The molecule has 0 atom stereocenters. The number of ether oxygens (including phenoxy) is 2. The summed E-state index contributed by atoms with van der Waals surface area (Å²) >= 11 is 0. The maximum Gasteiger partial charge on any atom is 0.231 e. The van der Waals surface area contributed by atoms with E-state index in [1.54, 1.807) is 6.92 Å². The molecular formula is C11H10O3. The van der Waals surface area contributed by atoms with Gasteiger partial charge in [0.05, 0.1) is 0 Å². The van der Waals surface area contributed by atoms with Crippen LogP contribution in [0.3, 0.4) is 0 Å². The lowest BCUT2D eigenvalue weighted by Crippen LogP contribution is -1.93. The maximum absolute atomic E-state index is 10.3. The number of hydrogen-bond donors (Lipinski definition) is 0. The topological polar surface area (TPSA) is 35.5 Å². The molecule has 0 radical (unpaired) electrons. The standard InChI is InChI=1S/C11H10O3/c1-8(6-12)4-9-2-3-10-11(5-9)14-7-13-10/h2-3,5H,4,7H2,1H3. The quantitative estimate of drug-likeness (QED) is 0.666. The minimum Gasteiger partial charge on any atom is -0.454 e. The van der Waals surface area contributed by atoms with Crippen LogP contribution in [-0.2, 0) is 11.2 Å². The molecule has 1 heterocycles. The fraction of sp³-hybridized carbons (Fsp3) is 0.273. The van der Waals surface area contributed by atoms with Crippen molar-refractivity contribution in [3.63, 3.8) is 0 Å². The second kappa shape index (κ2) is 3.56. The Morgan fingerprint density at radius 1 is 1.43 bits per heavy atom. The third-order valence-corrected chi connectivity index (χ3v) is 2.08. The Labute approximate surface area is 81.9 Å². The molecule has 0 amide bonds. The Bertz CT molecular complexity index is 403. The van der Waals surface area contributed by atoms with Crippen LogP contribution in [0.15, 0.2) is 23.8 Å². The van der Waals surface area contributed by atoms with Crippen LogP contribution in [0.5, 0.6) is 11.5 Å². The molecule has 0 unspecified atom stereocenters. The van der Waals surface area contributed by atoms with Crippen LogP contribution in [0.1, 0.15) is 12.5 Å². The zero-order valence-corrected chi connectivity index (χ0v) is 7.87. The zero-order chi connectivity index (χ0) is 9.97. The van der Waals surface area contributed by atoms with E-state index in [0.29, 0.717) is 12.0 Å². The molecule has 0 spiro atoms. The first-order valence-electron chi connectivity index (χ1n) is 4.38. The summed E-state index contributed by atoms with van der Waals surface area (Å²) < 4.78 is 10.4. The molecule has 1 aliphatic heterocycles. The van der Waals surface area contributed by atoms with Gasteiger partial charge in [0.25, 0.3) is 0 Å². The van der Waals surface area contributed by atoms with Gasteiger partial charge in [-0.05, 0) is 24.6 Å². The highest BCUT2D eigenvalue weighted by molar-refractivity contribution is 5.54. The van der Waals surface area contributed by atoms with Crippen molar-refractivity contribution in [2.75, 3.05) is 6.79 Å². The average Bonchev–Trinajstić information content (AvgIpc) is 2.64. The number of carbonyl (C=O) groups excluding carboxylic acids is 1. The Balaban J connectivity index is 2.25. The van der Waals surface area contributed by atoms with Crippen LogP contribution >= 0.6 is 0 Å². The highest BCUT2D eigenvalue weighted by Crippen LogP contribution is 2.32. The summed E-state index contributed by atoms with van der Waals surface area (Å²) in [5.41, 5.74) is 1.72. The van der Waals surface area contributed by atoms with Crippen molar-refractivity contribution in [3.8, 4) is 11.5 Å². The third kappa shape index (κ3) is 1.63. The van der Waals surface area contributed by atoms with Gasteiger partial charge in [0.15, 0.2) is 11.5 Å². The second-order valence-corrected chi connectivity index (χ2v) is 3.25. The van der Waals surface area contributed by atoms with E-state index in [1.807, 2.05) is 24.1 Å². The van der Waals surface area contributed by atoms with Gasteiger partial charge in [-0.15, -0.1) is 0 Å². The minimum atomic E-state index is 0.279. The van der Waals surface area contributed by atoms with Gasteiger partial charge < -0.3 is 9.47 Å². The molecule has 0 aliphatic carbocycles. The van der Waals surface area contributed by atoms with Crippen LogP contribution in [0.4, 0.5) is 0 Å². The van der Waals surface area contributed by atoms with Gasteiger partial charge in [0.2, 0.25) is 6.79 Å². The molecule has 1 aromatic carbocycles. The van der Waals surface area contributed by atoms with Gasteiger partial charge in [-0.25, -0.2) is 4.79 Å². The van der Waals surface area contributed by atoms with E-state index in [-0.39, 0.29) is 6.79 Å². The summed E-state index contributed by atoms with van der Waals surface area (Å²) in [5, 5.41) is 0. The van der Waals surface area contributed by atoms with E-state index in [2.05, 4.69) is 0 Å². The van der Waals surface area contributed by atoms with Gasteiger partial charge >= 0.3 is 0 Å². The van der Waals surface area contributed by atoms with Crippen molar-refractivity contribution in [3.05, 3.63) is 29.3 Å². The molecule has 1 aliphatic rings. The Morgan fingerprint density at radius 2 is 2.21 bits per heavy atom. The number of rotatable bonds is 2. The molecular weight excluding hydrogens is 180 g/mol. The SMILES string of the molecule is CC(=C=O)Cc1ccc2c(c1)OCO2. The molecule has 0 fully saturated rings. The van der Waals surface area contributed by atoms with E-state index >= 15 is 0 Å². The highest BCUT2D eigenvalue weighted by atomic mass is 16.7. The van der Waals surface area contributed by atoms with Crippen LogP contribution in [0.2, 0.25) is 0 Å². The van der Waals surface area contributed by atoms with Crippen molar-refractivity contribution >= 4 is 5.94 Å². The lowest BCUT2D eigenvalue weighted by molar-refractivity contribution is 0.174. The average molecular weight is 190 g/mol. The van der Waals surface area contributed by atoms with Gasteiger partial charge in [-0.2, -0.15) is 0 Å². The van der Waals surface area contributed by atoms with Gasteiger partial charge in [0, 0.05) is 12.0 Å². The fourth-order valence-corrected chi connectivity index (χ4v) is 1.39. The zero-order valence-electron chi connectivity index (χ0n) is 7.87. The van der Waals surface area contributed by atoms with Gasteiger partial charge in [0.1, 0.15) is 5.94 Å². The molecule has 72 valence electrons. The predicted molar refractivity (Wildman–Crippen MR) is 51.1 cm³/mol. The molecule has 3 nitrogen and oxygen atoms in total. The van der Waals surface area contributed by atoms with Crippen molar-refractivity contribution in [1.82, 2.24) is 0 Å². The first-order valence-corrected chi connectivity index (χ1v) is 4.38. The van der Waals surface area contributed by atoms with Gasteiger partial charge in [-0.1, -0.05) is 6.07 Å².